The number of ether oxygens (including phenoxy) is 1. The molecule has 60 heavy (non-hydrogen) atoms. The van der Waals surface area contributed by atoms with Gasteiger partial charge in [-0.15, -0.1) is 0 Å². The molecule has 0 saturated carbocycles. The lowest BCUT2D eigenvalue weighted by atomic mass is 9.78. The van der Waals surface area contributed by atoms with Gasteiger partial charge in [0, 0.05) is 73.9 Å². The van der Waals surface area contributed by atoms with Crippen molar-refractivity contribution in [1.29, 1.82) is 0 Å². The van der Waals surface area contributed by atoms with Crippen LogP contribution in [0, 0.1) is 18.4 Å². The first kappa shape index (κ1) is 40.7. The zero-order chi connectivity index (χ0) is 42.0. The number of carbonyl (C=O) groups is 4. The van der Waals surface area contributed by atoms with Crippen molar-refractivity contribution < 1.29 is 23.9 Å². The van der Waals surface area contributed by atoms with Gasteiger partial charge in [-0.25, -0.2) is 14.8 Å². The fourth-order valence-electron chi connectivity index (χ4n) is 8.44. The Bertz CT molecular complexity index is 2440. The van der Waals surface area contributed by atoms with Gasteiger partial charge in [-0.2, -0.15) is 0 Å². The Morgan fingerprint density at radius 1 is 0.883 bits per heavy atom. The number of fused-ring (bicyclic) bond motifs is 1. The second kappa shape index (κ2) is 17.2. The number of imide groups is 2. The predicted octanol–water partition coefficient (Wildman–Crippen LogP) is 5.62. The van der Waals surface area contributed by atoms with E-state index in [9.17, 15) is 19.2 Å². The largest absolute Gasteiger partial charge is 0.487 e. The van der Waals surface area contributed by atoms with Crippen molar-refractivity contribution in [1.82, 2.24) is 30.0 Å². The van der Waals surface area contributed by atoms with E-state index >= 15 is 0 Å². The highest BCUT2D eigenvalue weighted by Crippen LogP contribution is 2.36. The molecule has 3 aromatic carbocycles. The van der Waals surface area contributed by atoms with Crippen molar-refractivity contribution in [2.75, 3.05) is 50.7 Å². The summed E-state index contributed by atoms with van der Waals surface area (Å²) >= 11 is 6.31. The summed E-state index contributed by atoms with van der Waals surface area (Å²) in [5, 5.41) is 2.77. The molecule has 0 spiro atoms. The lowest BCUT2D eigenvalue weighted by Gasteiger charge is -2.42. The Labute approximate surface area is 354 Å². The number of aromatic nitrogens is 2. The molecule has 8 rings (SSSR count). The summed E-state index contributed by atoms with van der Waals surface area (Å²) in [5.74, 6) is 5.77. The van der Waals surface area contributed by atoms with Crippen LogP contribution in [0.5, 0.6) is 5.75 Å². The molecule has 306 valence electrons. The van der Waals surface area contributed by atoms with Crippen molar-refractivity contribution in [3.05, 3.63) is 123 Å². The molecule has 0 radical (unpaired) electrons. The molecule has 3 fully saturated rings. The summed E-state index contributed by atoms with van der Waals surface area (Å²) in [6.07, 6.45) is 4.10. The SMILES string of the molecule is [C-]#[N+]c1cc(Cl)cc(C(C)(C)c2ccc(OCc3ccnc(N4CCN(C5CCN(CC#Cc6ccc7c(c6)C(=O)N(C6CCC(=O)NC6=O)C7=O)CC5)CC4)n3)cc2)c1. The minimum Gasteiger partial charge on any atom is -0.487 e. The van der Waals surface area contributed by atoms with Gasteiger partial charge in [0.25, 0.3) is 11.8 Å². The van der Waals surface area contributed by atoms with Crippen LogP contribution in [0.15, 0.2) is 72.9 Å². The first-order chi connectivity index (χ1) is 29.0. The van der Waals surface area contributed by atoms with E-state index in [1.54, 1.807) is 30.5 Å². The van der Waals surface area contributed by atoms with Gasteiger partial charge in [0.2, 0.25) is 17.8 Å². The Kier molecular flexibility index (Phi) is 11.7. The minimum absolute atomic E-state index is 0.0796. The fraction of sp³-hybridized carbons (Fsp3) is 0.370. The number of hydrogen-bond acceptors (Lipinski definition) is 10. The molecule has 4 amide bonds. The maximum absolute atomic E-state index is 13.2. The number of likely N-dealkylation sites (tertiary alicyclic amines) is 1. The number of anilines is 1. The van der Waals surface area contributed by atoms with Crippen LogP contribution in [0.1, 0.15) is 82.6 Å². The fourth-order valence-corrected chi connectivity index (χ4v) is 8.67. The molecule has 1 aromatic heterocycles. The molecular formula is C46H45ClN8O5. The van der Waals surface area contributed by atoms with E-state index in [4.69, 9.17) is 27.9 Å². The molecule has 4 aromatic rings. The first-order valence-corrected chi connectivity index (χ1v) is 20.6. The number of rotatable bonds is 9. The summed E-state index contributed by atoms with van der Waals surface area (Å²) in [4.78, 5) is 71.3. The van der Waals surface area contributed by atoms with E-state index in [-0.39, 0.29) is 29.4 Å². The summed E-state index contributed by atoms with van der Waals surface area (Å²) in [6.45, 7) is 18.0. The smallest absolute Gasteiger partial charge is 0.262 e. The van der Waals surface area contributed by atoms with Gasteiger partial charge in [0.15, 0.2) is 5.69 Å². The summed E-state index contributed by atoms with van der Waals surface area (Å²) in [5.41, 5.74) is 4.17. The molecule has 4 aliphatic rings. The number of nitrogens with zero attached hydrogens (tertiary/aromatic N) is 7. The molecule has 1 N–H and O–H groups in total. The van der Waals surface area contributed by atoms with Gasteiger partial charge in [-0.1, -0.05) is 55.5 Å². The second-order valence-corrected chi connectivity index (χ2v) is 16.6. The molecule has 0 bridgehead atoms. The van der Waals surface area contributed by atoms with Gasteiger partial charge < -0.3 is 9.64 Å². The number of nitrogens with one attached hydrogen (secondary N) is 1. The number of piperidine rings is 2. The quantitative estimate of drug-likeness (QED) is 0.129. The molecule has 1 atom stereocenters. The Morgan fingerprint density at radius 2 is 1.63 bits per heavy atom. The van der Waals surface area contributed by atoms with E-state index in [1.165, 1.54) is 0 Å². The number of hydrogen-bond donors (Lipinski definition) is 1. The van der Waals surface area contributed by atoms with Gasteiger partial charge in [-0.05, 0) is 78.9 Å². The van der Waals surface area contributed by atoms with Gasteiger partial charge in [0.05, 0.1) is 29.9 Å². The van der Waals surface area contributed by atoms with E-state index in [0.717, 1.165) is 79.6 Å². The molecule has 5 heterocycles. The maximum Gasteiger partial charge on any atom is 0.262 e. The highest BCUT2D eigenvalue weighted by Gasteiger charge is 2.44. The van der Waals surface area contributed by atoms with Crippen molar-refractivity contribution in [3.8, 4) is 17.6 Å². The number of halogens is 1. The molecule has 3 saturated heterocycles. The molecule has 1 unspecified atom stereocenters. The zero-order valence-corrected chi connectivity index (χ0v) is 34.4. The highest BCUT2D eigenvalue weighted by atomic mass is 35.5. The number of piperazine rings is 1. The third-order valence-corrected chi connectivity index (χ3v) is 12.3. The summed E-state index contributed by atoms with van der Waals surface area (Å²) < 4.78 is 6.13. The topological polar surface area (TPSA) is 133 Å². The third kappa shape index (κ3) is 8.61. The van der Waals surface area contributed by atoms with E-state index in [2.05, 4.69) is 55.5 Å². The third-order valence-electron chi connectivity index (χ3n) is 12.0. The van der Waals surface area contributed by atoms with Crippen LogP contribution in [0.25, 0.3) is 4.85 Å². The normalized spacial score (nSPS) is 19.1. The van der Waals surface area contributed by atoms with E-state index < -0.39 is 29.7 Å². The molecular weight excluding hydrogens is 780 g/mol. The lowest BCUT2D eigenvalue weighted by molar-refractivity contribution is -0.136. The minimum atomic E-state index is -0.991. The van der Waals surface area contributed by atoms with Crippen molar-refractivity contribution in [3.63, 3.8) is 0 Å². The number of carbonyl (C=O) groups excluding carboxylic acids is 4. The lowest BCUT2D eigenvalue weighted by Crippen LogP contribution is -2.54. The maximum atomic E-state index is 13.2. The van der Waals surface area contributed by atoms with Gasteiger partial charge in [-0.3, -0.25) is 39.2 Å². The van der Waals surface area contributed by atoms with Crippen molar-refractivity contribution in [2.24, 2.45) is 0 Å². The van der Waals surface area contributed by atoms with E-state index in [1.807, 2.05) is 42.5 Å². The van der Waals surface area contributed by atoms with Gasteiger partial charge in [0.1, 0.15) is 18.4 Å². The van der Waals surface area contributed by atoms with Gasteiger partial charge >= 0.3 is 0 Å². The average molecular weight is 825 g/mol. The van der Waals surface area contributed by atoms with Crippen LogP contribution < -0.4 is 15.0 Å². The predicted molar refractivity (Wildman–Crippen MR) is 226 cm³/mol. The molecule has 14 heteroatoms. The van der Waals surface area contributed by atoms with Crippen LogP contribution in [0.4, 0.5) is 11.6 Å². The molecule has 4 aliphatic heterocycles. The Balaban J connectivity index is 0.780. The highest BCUT2D eigenvalue weighted by molar-refractivity contribution is 6.31. The number of amides is 4. The van der Waals surface area contributed by atoms with Crippen molar-refractivity contribution in [2.45, 2.75) is 63.6 Å². The van der Waals surface area contributed by atoms with E-state index in [0.29, 0.717) is 41.4 Å². The second-order valence-electron chi connectivity index (χ2n) is 16.1. The average Bonchev–Trinajstić information content (AvgIpc) is 3.50. The summed E-state index contributed by atoms with van der Waals surface area (Å²) in [6, 6.07) is 19.8. The number of benzene rings is 3. The molecule has 0 aliphatic carbocycles. The Morgan fingerprint density at radius 3 is 2.37 bits per heavy atom. The van der Waals surface area contributed by atoms with Crippen LogP contribution >= 0.6 is 11.6 Å². The zero-order valence-electron chi connectivity index (χ0n) is 33.6. The summed E-state index contributed by atoms with van der Waals surface area (Å²) in [7, 11) is 0. The van der Waals surface area contributed by atoms with Crippen LogP contribution in [-0.2, 0) is 21.6 Å². The molecule has 13 nitrogen and oxygen atoms in total. The Hall–Kier alpha value is -6.12. The standard InChI is InChI=1S/C46H45ClN8O5/c1-46(2,32-26-33(47)28-35(27-32)48-3)31-7-9-37(10-8-31)60-29-34-14-17-49-45(50-34)54-23-21-53(22-24-54)36-15-19-52(20-16-36)18-4-5-30-6-11-38-39(25-30)44(59)55(43(38)58)40-12-13-41(56)51-42(40)57/h6-11,14,17,25-28,36,40H,12-13,15-16,18-24,29H2,1-2H3,(H,51,56,57). The first-order valence-electron chi connectivity index (χ1n) is 20.3. The monoisotopic (exact) mass is 824 g/mol. The van der Waals surface area contributed by atoms with Crippen molar-refractivity contribution >= 4 is 46.9 Å². The van der Waals surface area contributed by atoms with Crippen LogP contribution in [0.3, 0.4) is 0 Å². The van der Waals surface area contributed by atoms with Crippen LogP contribution in [-0.4, -0.2) is 106 Å². The van der Waals surface area contributed by atoms with Crippen LogP contribution in [0.2, 0.25) is 5.02 Å².